The highest BCUT2D eigenvalue weighted by molar-refractivity contribution is 9.10. The van der Waals surface area contributed by atoms with E-state index < -0.39 is 57.1 Å². The van der Waals surface area contributed by atoms with Gasteiger partial charge in [-0.2, -0.15) is 9.98 Å². The fourth-order valence-electron chi connectivity index (χ4n) is 4.78. The van der Waals surface area contributed by atoms with Gasteiger partial charge in [0.2, 0.25) is 9.84 Å². The molecule has 20 heteroatoms. The number of rotatable bonds is 10. The van der Waals surface area contributed by atoms with E-state index in [4.69, 9.17) is 22.9 Å². The monoisotopic (exact) mass is 942 g/mol. The summed E-state index contributed by atoms with van der Waals surface area (Å²) in [6, 6.07) is 18.5. The molecule has 4 aromatic rings. The summed E-state index contributed by atoms with van der Waals surface area (Å²) < 4.78 is 77.0. The second-order valence-electron chi connectivity index (χ2n) is 11.4. The summed E-state index contributed by atoms with van der Waals surface area (Å²) in [6.07, 6.45) is 2.75. The van der Waals surface area contributed by atoms with Crippen molar-refractivity contribution in [1.82, 2.24) is 0 Å². The average Bonchev–Trinajstić information content (AvgIpc) is 3.07. The van der Waals surface area contributed by atoms with Crippen LogP contribution in [0, 0.1) is 0 Å². The molecule has 0 heterocycles. The Labute approximate surface area is 334 Å². The van der Waals surface area contributed by atoms with Crippen LogP contribution < -0.4 is 22.9 Å². The van der Waals surface area contributed by atoms with E-state index in [9.17, 15) is 34.8 Å². The van der Waals surface area contributed by atoms with Crippen molar-refractivity contribution in [3.8, 4) is 0 Å². The van der Waals surface area contributed by atoms with Crippen LogP contribution in [0.5, 0.6) is 0 Å². The number of aliphatic imine (C=N–C) groups is 2. The molecule has 8 N–H and O–H groups in total. The van der Waals surface area contributed by atoms with E-state index in [-0.39, 0.29) is 33.3 Å². The first-order valence-electron chi connectivity index (χ1n) is 15.5. The fourth-order valence-corrected chi connectivity index (χ4v) is 10.4. The molecule has 0 unspecified atom stereocenters. The van der Waals surface area contributed by atoms with Crippen molar-refractivity contribution in [2.45, 2.75) is 56.1 Å². The predicted molar refractivity (Wildman–Crippen MR) is 216 cm³/mol. The Morgan fingerprint density at radius 3 is 1.43 bits per heavy atom. The van der Waals surface area contributed by atoms with Crippen LogP contribution in [0.4, 0.5) is 0 Å². The fraction of sp³-hybridized carbons (Fsp3) is 0.176. The Morgan fingerprint density at radius 2 is 1.02 bits per heavy atom. The molecule has 0 aliphatic carbocycles. The quantitative estimate of drug-likeness (QED) is 0.125. The van der Waals surface area contributed by atoms with Crippen LogP contribution in [-0.2, 0) is 42.4 Å². The Balaban J connectivity index is 0.000000291. The first kappa shape index (κ1) is 44.3. The standard InChI is InChI=1S/C17H18BrN3O5S2.C17H18BrN3O3S2/c1-3-10-8-15(28(25,26)12-6-4-11(18)5-7-12)14(27(2,23)24)9-13(10)16(22)21-17(19)20;1-3-10-8-14(25-12-6-4-11(18)5-7-12)15(26(2,23)24)9-13(10)16(22)21-17(19)20/h4-9H,3H2,1-2H3,(H4,19,20,21,22);4-9H,3H2,1-2H3,(H4,19,20,21,22). The first-order chi connectivity index (χ1) is 25.0. The molecule has 0 spiro atoms. The minimum atomic E-state index is -4.16. The van der Waals surface area contributed by atoms with Gasteiger partial charge in [0.25, 0.3) is 11.8 Å². The SMILES string of the molecule is CCc1cc(S(=O)(=O)c2ccc(Br)cc2)c(S(C)(=O)=O)cc1C(=O)N=C(N)N.CCc1cc(Sc2ccc(Br)cc2)c(S(C)(=O)=O)cc1C(=O)N=C(N)N. The highest BCUT2D eigenvalue weighted by atomic mass is 79.9. The number of carbonyl (C=O) groups excluding carboxylic acids is 2. The zero-order valence-corrected chi connectivity index (χ0v) is 35.6. The van der Waals surface area contributed by atoms with E-state index in [1.54, 1.807) is 13.0 Å². The van der Waals surface area contributed by atoms with Crippen LogP contribution in [0.2, 0.25) is 0 Å². The van der Waals surface area contributed by atoms with Crippen LogP contribution in [0.1, 0.15) is 45.7 Å². The zero-order valence-electron chi connectivity index (χ0n) is 29.2. The van der Waals surface area contributed by atoms with Gasteiger partial charge in [0.15, 0.2) is 31.6 Å². The summed E-state index contributed by atoms with van der Waals surface area (Å²) in [5.41, 5.74) is 22.1. The number of amides is 2. The normalized spacial score (nSPS) is 11.5. The lowest BCUT2D eigenvalue weighted by Crippen LogP contribution is -2.24. The minimum Gasteiger partial charge on any atom is -0.370 e. The number of aryl methyl sites for hydroxylation is 2. The van der Waals surface area contributed by atoms with E-state index in [0.29, 0.717) is 26.9 Å². The van der Waals surface area contributed by atoms with E-state index >= 15 is 0 Å². The highest BCUT2D eigenvalue weighted by Gasteiger charge is 2.29. The third-order valence-electron chi connectivity index (χ3n) is 7.28. The van der Waals surface area contributed by atoms with Crippen molar-refractivity contribution in [3.63, 3.8) is 0 Å². The molecule has 288 valence electrons. The highest BCUT2D eigenvalue weighted by Crippen LogP contribution is 2.36. The molecule has 4 aromatic carbocycles. The molecule has 0 bridgehead atoms. The second-order valence-corrected chi connectivity index (χ2v) is 20.2. The molecule has 4 rings (SSSR count). The van der Waals surface area contributed by atoms with Crippen molar-refractivity contribution in [3.05, 3.63) is 104 Å². The lowest BCUT2D eigenvalue weighted by molar-refractivity contribution is 0.0993. The maximum absolute atomic E-state index is 13.1. The molecule has 0 atom stereocenters. The van der Waals surface area contributed by atoms with Gasteiger partial charge >= 0.3 is 0 Å². The maximum atomic E-state index is 13.1. The molecule has 2 amide bonds. The van der Waals surface area contributed by atoms with Crippen molar-refractivity contribution in [1.29, 1.82) is 0 Å². The summed E-state index contributed by atoms with van der Waals surface area (Å²) >= 11 is 7.91. The smallest absolute Gasteiger partial charge is 0.280 e. The number of hydrogen-bond acceptors (Lipinski definition) is 9. The van der Waals surface area contributed by atoms with Gasteiger partial charge in [0.1, 0.15) is 0 Å². The number of nitrogens with zero attached hydrogens (tertiary/aromatic N) is 2. The summed E-state index contributed by atoms with van der Waals surface area (Å²) in [4.78, 5) is 32.0. The molecule has 14 nitrogen and oxygen atoms in total. The second kappa shape index (κ2) is 18.0. The molecule has 54 heavy (non-hydrogen) atoms. The van der Waals surface area contributed by atoms with Gasteiger partial charge in [0, 0.05) is 42.4 Å². The first-order valence-corrected chi connectivity index (χ1v) is 23.1. The lowest BCUT2D eigenvalue weighted by atomic mass is 10.0. The number of hydrogen-bond donors (Lipinski definition) is 4. The maximum Gasteiger partial charge on any atom is 0.280 e. The Kier molecular flexibility index (Phi) is 14.8. The van der Waals surface area contributed by atoms with Gasteiger partial charge < -0.3 is 22.9 Å². The number of carbonyl (C=O) groups is 2. The largest absolute Gasteiger partial charge is 0.370 e. The number of nitrogens with two attached hydrogens (primary N) is 4. The lowest BCUT2D eigenvalue weighted by Gasteiger charge is -2.14. The van der Waals surface area contributed by atoms with Gasteiger partial charge in [0.05, 0.1) is 19.6 Å². The predicted octanol–water partition coefficient (Wildman–Crippen LogP) is 4.64. The van der Waals surface area contributed by atoms with Crippen LogP contribution >= 0.6 is 43.6 Å². The van der Waals surface area contributed by atoms with E-state index in [0.717, 1.165) is 27.9 Å². The summed E-state index contributed by atoms with van der Waals surface area (Å²) in [5, 5.41) is 0. The van der Waals surface area contributed by atoms with Crippen LogP contribution in [-0.4, -0.2) is 61.5 Å². The molecule has 0 aromatic heterocycles. The van der Waals surface area contributed by atoms with Crippen molar-refractivity contribution < 1.29 is 34.8 Å². The van der Waals surface area contributed by atoms with Crippen LogP contribution in [0.3, 0.4) is 0 Å². The van der Waals surface area contributed by atoms with Gasteiger partial charge in [-0.05, 0) is 96.8 Å². The zero-order chi connectivity index (χ0) is 40.8. The van der Waals surface area contributed by atoms with Crippen LogP contribution in [0.15, 0.2) is 121 Å². The summed E-state index contributed by atoms with van der Waals surface area (Å²) in [7, 11) is -11.7. The van der Waals surface area contributed by atoms with Gasteiger partial charge in [-0.15, -0.1) is 0 Å². The van der Waals surface area contributed by atoms with Crippen LogP contribution in [0.25, 0.3) is 0 Å². The molecular weight excluding hydrogens is 908 g/mol. The number of guanidine groups is 2. The Bertz CT molecular complexity index is 2480. The summed E-state index contributed by atoms with van der Waals surface area (Å²) in [6.45, 7) is 3.56. The molecule has 0 radical (unpaired) electrons. The van der Waals surface area contributed by atoms with Crippen molar-refractivity contribution in [2.75, 3.05) is 12.5 Å². The summed E-state index contributed by atoms with van der Waals surface area (Å²) in [5.74, 6) is -2.37. The van der Waals surface area contributed by atoms with E-state index in [2.05, 4.69) is 41.8 Å². The van der Waals surface area contributed by atoms with E-state index in [1.165, 1.54) is 48.2 Å². The molecule has 0 saturated carbocycles. The Hall–Kier alpha value is -4.08. The Morgan fingerprint density at radius 1 is 0.611 bits per heavy atom. The third-order valence-corrected chi connectivity index (χ3v) is 13.7. The molecule has 0 fully saturated rings. The molecular formula is C34H36Br2N6O8S4. The average molecular weight is 945 g/mol. The molecule has 0 aliphatic heterocycles. The molecule has 0 aliphatic rings. The van der Waals surface area contributed by atoms with Crippen molar-refractivity contribution in [2.24, 2.45) is 32.9 Å². The number of halogens is 2. The number of sulfone groups is 3. The minimum absolute atomic E-state index is 0.0664. The molecule has 0 saturated heterocycles. The van der Waals surface area contributed by atoms with Gasteiger partial charge in [-0.1, -0.05) is 57.5 Å². The van der Waals surface area contributed by atoms with Gasteiger partial charge in [-0.3, -0.25) is 9.59 Å². The number of benzene rings is 4. The van der Waals surface area contributed by atoms with E-state index in [1.807, 2.05) is 31.2 Å². The third kappa shape index (κ3) is 11.5. The topological polar surface area (TPSA) is 265 Å². The van der Waals surface area contributed by atoms with Gasteiger partial charge in [-0.25, -0.2) is 25.3 Å². The van der Waals surface area contributed by atoms with Crippen molar-refractivity contribution >= 4 is 96.9 Å².